The minimum absolute atomic E-state index is 0. The molecule has 0 saturated carbocycles. The molecule has 0 spiro atoms. The molecule has 11 heterocycles. The number of anilines is 1. The van der Waals surface area contributed by atoms with E-state index in [4.69, 9.17) is 9.47 Å². The van der Waals surface area contributed by atoms with Crippen LogP contribution in [0, 0.1) is 82.0 Å². The maximum Gasteiger partial charge on any atom is 0.433 e. The third kappa shape index (κ3) is 46.5. The van der Waals surface area contributed by atoms with Crippen molar-refractivity contribution in [2.45, 2.75) is 110 Å². The van der Waals surface area contributed by atoms with Gasteiger partial charge in [0.15, 0.2) is 0 Å². The zero-order chi connectivity index (χ0) is 70.6. The Morgan fingerprint density at radius 3 is 1.16 bits per heavy atom. The molecule has 0 atom stereocenters. The van der Waals surface area contributed by atoms with E-state index in [0.29, 0.717) is 5.69 Å². The predicted octanol–water partition coefficient (Wildman–Crippen LogP) is 19.4. The monoisotopic (exact) mass is 1320 g/mol. The van der Waals surface area contributed by atoms with Crippen molar-refractivity contribution in [1.82, 2.24) is 44.9 Å². The number of allylic oxidation sites excluding steroid dienone is 5. The van der Waals surface area contributed by atoms with Crippen molar-refractivity contribution in [1.29, 1.82) is 0 Å². The van der Waals surface area contributed by atoms with Crippen LogP contribution in [0.4, 0.5) is 23.2 Å². The predicted molar refractivity (Wildman–Crippen MR) is 393 cm³/mol. The molecule has 0 unspecified atom stereocenters. The smallest absolute Gasteiger partial charge is 0.433 e. The molecule has 3 aliphatic rings. The highest BCUT2D eigenvalue weighted by atomic mass is 19.4. The van der Waals surface area contributed by atoms with Gasteiger partial charge < -0.3 is 14.4 Å². The molecule has 0 amide bonds. The molecular formula is C80H99F4N11O2. The zero-order valence-electron chi connectivity index (χ0n) is 58.2. The number of benzene rings is 1. The van der Waals surface area contributed by atoms with Crippen LogP contribution >= 0.6 is 0 Å². The Hall–Kier alpha value is -10.3. The largest absolute Gasteiger partial charge is 0.495 e. The Bertz CT molecular complexity index is 3390. The molecule has 2 aliphatic heterocycles. The van der Waals surface area contributed by atoms with Crippen molar-refractivity contribution in [2.24, 2.45) is 4.99 Å². The van der Waals surface area contributed by atoms with Crippen LogP contribution in [0.5, 0.6) is 5.75 Å². The first-order valence-electron chi connectivity index (χ1n) is 31.2. The van der Waals surface area contributed by atoms with Crippen molar-refractivity contribution in [3.05, 3.63) is 329 Å². The lowest BCUT2D eigenvalue weighted by Gasteiger charge is -2.28. The summed E-state index contributed by atoms with van der Waals surface area (Å²) in [5.41, 5.74) is 14.5. The van der Waals surface area contributed by atoms with Gasteiger partial charge in [-0.15, -0.1) is 0 Å². The molecule has 0 N–H and O–H groups in total. The third-order valence-electron chi connectivity index (χ3n) is 12.5. The van der Waals surface area contributed by atoms with Crippen molar-refractivity contribution in [3.63, 3.8) is 0 Å². The van der Waals surface area contributed by atoms with E-state index in [0.717, 1.165) is 90.2 Å². The first-order chi connectivity index (χ1) is 46.0. The van der Waals surface area contributed by atoms with Gasteiger partial charge in [0, 0.05) is 102 Å². The molecule has 1 saturated heterocycles. The van der Waals surface area contributed by atoms with E-state index < -0.39 is 11.9 Å². The summed E-state index contributed by atoms with van der Waals surface area (Å²) in [6.07, 6.45) is 20.9. The summed E-state index contributed by atoms with van der Waals surface area (Å²) >= 11 is 0. The fourth-order valence-electron chi connectivity index (χ4n) is 7.16. The van der Waals surface area contributed by atoms with Crippen molar-refractivity contribution < 1.29 is 27.0 Å². The van der Waals surface area contributed by atoms with E-state index in [9.17, 15) is 17.6 Å². The average molecular weight is 1320 g/mol. The van der Waals surface area contributed by atoms with Crippen LogP contribution in [0.15, 0.2) is 260 Å². The van der Waals surface area contributed by atoms with Crippen LogP contribution in [0.25, 0.3) is 0 Å². The standard InChI is InChI=1S/C10H14N2O.C7H6F3N.C7H9NO.C7H9N.C7H8.C6H6FN.4C6H7N.C6H8.C5H7N.CH4/c1-9-2-3-10(8-11-9)12-4-6-13-7-5-12;1-5-3-2-4-6(11-5)7(8,9)10;1-6-3-4-7(9-2)5-8-6;1-6-4-3-5-7(2)8-6;1-7-5-3-2-4-6-7;1-5-2-3-6(7)4-8-5;1-6-2-4-7-5-3-6;3*1-6-4-2-3-5-7-6;1-6-4-2-3-5-6;1-5-2-3-6-4-5;/h2-3,8H,4-7H2,1H3;2-4H,1H3;3-5H,1-2H3;3-5H,1-2H3;2-6H,1H3;2-4H,1H3;4*2-5H,1H3;2-4H,5H2,1H3;2-3H,4H2,1H3;1H4. The van der Waals surface area contributed by atoms with E-state index >= 15 is 0 Å². The van der Waals surface area contributed by atoms with E-state index in [1.165, 1.54) is 65.7 Å². The minimum Gasteiger partial charge on any atom is -0.495 e. The maximum absolute atomic E-state index is 12.0. The van der Waals surface area contributed by atoms with Gasteiger partial charge >= 0.3 is 6.18 Å². The van der Waals surface area contributed by atoms with Gasteiger partial charge in [-0.05, 0) is 217 Å². The van der Waals surface area contributed by atoms with Crippen molar-refractivity contribution >= 4 is 11.9 Å². The van der Waals surface area contributed by atoms with Crippen molar-refractivity contribution in [2.75, 3.05) is 44.9 Å². The van der Waals surface area contributed by atoms with Crippen LogP contribution < -0.4 is 9.64 Å². The summed E-state index contributed by atoms with van der Waals surface area (Å²) in [6.45, 7) is 30.1. The summed E-state index contributed by atoms with van der Waals surface area (Å²) in [7, 11) is 1.63. The van der Waals surface area contributed by atoms with Crippen LogP contribution in [-0.2, 0) is 10.9 Å². The molecule has 0 radical (unpaired) electrons. The molecular weight excluding hydrogens is 1220 g/mol. The number of hydrogen-bond acceptors (Lipinski definition) is 13. The fraction of sp³-hybridized carbons (Fsp3) is 0.275. The zero-order valence-corrected chi connectivity index (χ0v) is 58.2. The lowest BCUT2D eigenvalue weighted by molar-refractivity contribution is -0.141. The minimum atomic E-state index is -4.33. The maximum atomic E-state index is 12.0. The number of aryl methyl sites for hydroxylation is 11. The number of pyridine rings is 9. The van der Waals surface area contributed by atoms with Gasteiger partial charge in [-0.1, -0.05) is 103 Å². The Balaban J connectivity index is 0.000000532. The number of ether oxygens (including phenoxy) is 2. The van der Waals surface area contributed by atoms with Gasteiger partial charge in [0.25, 0.3) is 0 Å². The quantitative estimate of drug-likeness (QED) is 0.152. The number of methoxy groups -OCH3 is 1. The number of nitrogens with zero attached hydrogens (tertiary/aromatic N) is 11. The average Bonchev–Trinajstić information content (AvgIpc) is 1.19. The number of alkyl halides is 3. The molecule has 1 aliphatic carbocycles. The van der Waals surface area contributed by atoms with Gasteiger partial charge in [0.2, 0.25) is 0 Å². The molecule has 0 bridgehead atoms. The topological polar surface area (TPSA) is 150 Å². The molecule has 97 heavy (non-hydrogen) atoms. The molecule has 13 rings (SSSR count). The van der Waals surface area contributed by atoms with Gasteiger partial charge in [0.1, 0.15) is 17.3 Å². The lowest BCUT2D eigenvalue weighted by Crippen LogP contribution is -2.36. The summed E-state index contributed by atoms with van der Waals surface area (Å²) in [4.78, 5) is 41.5. The van der Waals surface area contributed by atoms with E-state index in [1.54, 1.807) is 50.4 Å². The first-order valence-corrected chi connectivity index (χ1v) is 31.2. The lowest BCUT2D eigenvalue weighted by atomic mass is 10.2. The van der Waals surface area contributed by atoms with E-state index in [2.05, 4.69) is 112 Å². The van der Waals surface area contributed by atoms with Gasteiger partial charge in [-0.3, -0.25) is 44.9 Å². The van der Waals surface area contributed by atoms with Crippen LogP contribution in [-0.4, -0.2) is 91.0 Å². The third-order valence-corrected chi connectivity index (χ3v) is 12.5. The Kier molecular flexibility index (Phi) is 45.5. The molecule has 13 nitrogen and oxygen atoms in total. The second kappa shape index (κ2) is 52.1. The Morgan fingerprint density at radius 2 is 0.897 bits per heavy atom. The number of hydrogen-bond donors (Lipinski definition) is 0. The second-order valence-electron chi connectivity index (χ2n) is 21.5. The number of morpholine rings is 1. The van der Waals surface area contributed by atoms with Gasteiger partial charge in [-0.2, -0.15) is 13.2 Å². The Labute approximate surface area is 575 Å². The molecule has 1 fully saturated rings. The SMILES string of the molecule is C.CC1=CC=CC1.CC1=CC=NC1.COc1ccc(C)nc1.Cc1ccc(F)cn1.Cc1ccc(N2CCOCC2)cn1.Cc1cccc(C(F)(F)F)n1.Cc1cccc(C)n1.Cc1ccccc1.Cc1ccccn1.Cc1ccccn1.Cc1ccccn1.Cc1ccncc1. The number of halogens is 4. The molecule has 1 aromatic carbocycles. The number of aliphatic imine (C=N–C) groups is 1. The highest BCUT2D eigenvalue weighted by Gasteiger charge is 2.32. The van der Waals surface area contributed by atoms with Gasteiger partial charge in [-0.25, -0.2) is 9.37 Å². The van der Waals surface area contributed by atoms with Gasteiger partial charge in [0.05, 0.1) is 51.1 Å². The van der Waals surface area contributed by atoms with E-state index in [-0.39, 0.29) is 13.2 Å². The summed E-state index contributed by atoms with van der Waals surface area (Å²) in [5, 5.41) is 0. The summed E-state index contributed by atoms with van der Waals surface area (Å²) < 4.78 is 57.9. The summed E-state index contributed by atoms with van der Waals surface area (Å²) in [6, 6.07) is 52.6. The highest BCUT2D eigenvalue weighted by Crippen LogP contribution is 2.27. The van der Waals surface area contributed by atoms with Crippen molar-refractivity contribution in [3.8, 4) is 5.75 Å². The first kappa shape index (κ1) is 84.8. The Morgan fingerprint density at radius 1 is 0.433 bits per heavy atom. The van der Waals surface area contributed by atoms with Crippen LogP contribution in [0.2, 0.25) is 0 Å². The normalized spacial score (nSPS) is 11.5. The molecule has 9 aromatic heterocycles. The summed E-state index contributed by atoms with van der Waals surface area (Å²) in [5.74, 6) is 0.524. The second-order valence-corrected chi connectivity index (χ2v) is 21.5. The highest BCUT2D eigenvalue weighted by molar-refractivity contribution is 5.74. The number of aromatic nitrogens is 9. The molecule has 514 valence electrons. The molecule has 10 aromatic rings. The number of rotatable bonds is 2. The fourth-order valence-corrected chi connectivity index (χ4v) is 7.16. The van der Waals surface area contributed by atoms with E-state index in [1.807, 2.05) is 202 Å². The van der Waals surface area contributed by atoms with Crippen LogP contribution in [0.3, 0.4) is 0 Å². The molecule has 17 heteroatoms. The van der Waals surface area contributed by atoms with Crippen LogP contribution in [0.1, 0.15) is 95.8 Å².